The highest BCUT2D eigenvalue weighted by atomic mass is 35.5. The molecule has 0 fully saturated rings. The molecule has 7 heteroatoms. The molecule has 27 heavy (non-hydrogen) atoms. The van der Waals surface area contributed by atoms with Gasteiger partial charge in [0, 0.05) is 17.3 Å². The smallest absolute Gasteiger partial charge is 0.280 e. The summed E-state index contributed by atoms with van der Waals surface area (Å²) in [6.07, 6.45) is 2.45. The van der Waals surface area contributed by atoms with Gasteiger partial charge in [0.25, 0.3) is 5.91 Å². The molecule has 3 aromatic rings. The average molecular weight is 384 g/mol. The van der Waals surface area contributed by atoms with E-state index in [9.17, 15) is 9.59 Å². The van der Waals surface area contributed by atoms with Crippen LogP contribution in [-0.4, -0.2) is 22.8 Å². The minimum Gasteiger partial charge on any atom is -0.495 e. The van der Waals surface area contributed by atoms with Crippen molar-refractivity contribution in [2.24, 2.45) is 0 Å². The second kappa shape index (κ2) is 8.05. The van der Waals surface area contributed by atoms with E-state index in [1.54, 1.807) is 18.2 Å². The molecule has 0 aliphatic carbocycles. The molecular formula is C20H18ClN3O3. The summed E-state index contributed by atoms with van der Waals surface area (Å²) in [4.78, 5) is 24.8. The first kappa shape index (κ1) is 18.7. The Morgan fingerprint density at radius 3 is 2.59 bits per heavy atom. The maximum atomic E-state index is 12.6. The molecule has 0 unspecified atom stereocenters. The van der Waals surface area contributed by atoms with Crippen molar-refractivity contribution in [3.63, 3.8) is 0 Å². The zero-order valence-electron chi connectivity index (χ0n) is 14.9. The van der Waals surface area contributed by atoms with Crippen LogP contribution in [0.5, 0.6) is 5.75 Å². The van der Waals surface area contributed by atoms with Gasteiger partial charge in [0.15, 0.2) is 5.69 Å². The monoisotopic (exact) mass is 383 g/mol. The number of amides is 1. The summed E-state index contributed by atoms with van der Waals surface area (Å²) in [5.74, 6) is -0.209. The van der Waals surface area contributed by atoms with Crippen LogP contribution in [-0.2, 0) is 6.42 Å². The molecule has 3 rings (SSSR count). The predicted molar refractivity (Wildman–Crippen MR) is 105 cm³/mol. The molecule has 0 spiro atoms. The van der Waals surface area contributed by atoms with Crippen LogP contribution in [0.1, 0.15) is 23.0 Å². The number of ether oxygens (including phenoxy) is 1. The SMILES string of the molecule is CCc1ccc(-n2ccc(=O)c(C(=O)Nc3cc(Cl)ccc3OC)n2)cc1. The lowest BCUT2D eigenvalue weighted by molar-refractivity contribution is 0.101. The molecule has 1 aromatic heterocycles. The Labute approximate surface area is 161 Å². The Morgan fingerprint density at radius 2 is 1.93 bits per heavy atom. The highest BCUT2D eigenvalue weighted by Gasteiger charge is 2.16. The van der Waals surface area contributed by atoms with Crippen LogP contribution < -0.4 is 15.5 Å². The van der Waals surface area contributed by atoms with Gasteiger partial charge in [-0.25, -0.2) is 4.68 Å². The van der Waals surface area contributed by atoms with Gasteiger partial charge in [-0.15, -0.1) is 0 Å². The average Bonchev–Trinajstić information content (AvgIpc) is 2.68. The van der Waals surface area contributed by atoms with Crippen LogP contribution in [0, 0.1) is 0 Å². The molecule has 1 heterocycles. The number of carbonyl (C=O) groups is 1. The number of benzene rings is 2. The molecule has 2 aromatic carbocycles. The number of rotatable bonds is 5. The topological polar surface area (TPSA) is 73.2 Å². The number of halogens is 1. The quantitative estimate of drug-likeness (QED) is 0.729. The van der Waals surface area contributed by atoms with Crippen LogP contribution in [0.2, 0.25) is 5.02 Å². The first-order chi connectivity index (χ1) is 13.0. The van der Waals surface area contributed by atoms with Crippen LogP contribution in [0.15, 0.2) is 59.5 Å². The minimum atomic E-state index is -0.639. The van der Waals surface area contributed by atoms with Crippen LogP contribution >= 0.6 is 11.6 Å². The summed E-state index contributed by atoms with van der Waals surface area (Å²) in [6, 6.07) is 13.9. The van der Waals surface area contributed by atoms with Crippen molar-refractivity contribution >= 4 is 23.2 Å². The van der Waals surface area contributed by atoms with Crippen molar-refractivity contribution in [1.29, 1.82) is 0 Å². The molecule has 0 aliphatic heterocycles. The molecule has 0 atom stereocenters. The number of nitrogens with one attached hydrogen (secondary N) is 1. The lowest BCUT2D eigenvalue weighted by Gasteiger charge is -2.11. The summed E-state index contributed by atoms with van der Waals surface area (Å²) in [6.45, 7) is 2.07. The van der Waals surface area contributed by atoms with Crippen LogP contribution in [0.25, 0.3) is 5.69 Å². The van der Waals surface area contributed by atoms with Gasteiger partial charge in [0.1, 0.15) is 5.75 Å². The molecule has 1 N–H and O–H groups in total. The molecule has 0 saturated heterocycles. The molecule has 138 valence electrons. The van der Waals surface area contributed by atoms with Crippen LogP contribution in [0.3, 0.4) is 0 Å². The number of carbonyl (C=O) groups excluding carboxylic acids is 1. The Morgan fingerprint density at radius 1 is 1.19 bits per heavy atom. The van der Waals surface area contributed by atoms with Gasteiger partial charge in [-0.05, 0) is 42.3 Å². The van der Waals surface area contributed by atoms with Crippen molar-refractivity contribution in [3.05, 3.63) is 81.2 Å². The number of aromatic nitrogens is 2. The Kier molecular flexibility index (Phi) is 5.57. The van der Waals surface area contributed by atoms with Crippen molar-refractivity contribution in [2.45, 2.75) is 13.3 Å². The van der Waals surface area contributed by atoms with E-state index in [0.29, 0.717) is 16.5 Å². The van der Waals surface area contributed by atoms with Gasteiger partial charge in [0.05, 0.1) is 18.5 Å². The van der Waals surface area contributed by atoms with Crippen molar-refractivity contribution in [2.75, 3.05) is 12.4 Å². The number of methoxy groups -OCH3 is 1. The maximum absolute atomic E-state index is 12.6. The van der Waals surface area contributed by atoms with E-state index in [4.69, 9.17) is 16.3 Å². The van der Waals surface area contributed by atoms with E-state index in [0.717, 1.165) is 12.1 Å². The first-order valence-electron chi connectivity index (χ1n) is 8.36. The van der Waals surface area contributed by atoms with Crippen LogP contribution in [0.4, 0.5) is 5.69 Å². The standard InChI is InChI=1S/C20H18ClN3O3/c1-3-13-4-7-15(8-5-13)24-11-10-17(25)19(23-24)20(26)22-16-12-14(21)6-9-18(16)27-2/h4-12H,3H2,1-2H3,(H,22,26). The zero-order chi connectivity index (χ0) is 19.4. The second-order valence-electron chi connectivity index (χ2n) is 5.79. The number of anilines is 1. The Balaban J connectivity index is 1.93. The normalized spacial score (nSPS) is 10.5. The van der Waals surface area contributed by atoms with Crippen molar-refractivity contribution in [1.82, 2.24) is 9.78 Å². The summed E-state index contributed by atoms with van der Waals surface area (Å²) >= 11 is 5.98. The summed E-state index contributed by atoms with van der Waals surface area (Å²) in [5.41, 5.74) is 1.60. The molecule has 0 saturated carbocycles. The van der Waals surface area contributed by atoms with E-state index < -0.39 is 11.3 Å². The third-order valence-electron chi connectivity index (χ3n) is 4.04. The number of aryl methyl sites for hydroxylation is 1. The van der Waals surface area contributed by atoms with Gasteiger partial charge >= 0.3 is 0 Å². The van der Waals surface area contributed by atoms with Gasteiger partial charge in [0.2, 0.25) is 5.43 Å². The molecule has 0 radical (unpaired) electrons. The van der Waals surface area contributed by atoms with E-state index >= 15 is 0 Å². The fourth-order valence-corrected chi connectivity index (χ4v) is 2.72. The number of nitrogens with zero attached hydrogens (tertiary/aromatic N) is 2. The highest BCUT2D eigenvalue weighted by Crippen LogP contribution is 2.27. The molecule has 1 amide bonds. The lowest BCUT2D eigenvalue weighted by atomic mass is 10.1. The fourth-order valence-electron chi connectivity index (χ4n) is 2.55. The molecule has 0 bridgehead atoms. The summed E-state index contributed by atoms with van der Waals surface area (Å²) in [7, 11) is 1.48. The van der Waals surface area contributed by atoms with E-state index in [1.807, 2.05) is 24.3 Å². The van der Waals surface area contributed by atoms with Gasteiger partial charge in [-0.1, -0.05) is 30.7 Å². The van der Waals surface area contributed by atoms with E-state index in [2.05, 4.69) is 17.3 Å². The highest BCUT2D eigenvalue weighted by molar-refractivity contribution is 6.31. The largest absolute Gasteiger partial charge is 0.495 e. The lowest BCUT2D eigenvalue weighted by Crippen LogP contribution is -2.25. The Hall–Kier alpha value is -3.12. The van der Waals surface area contributed by atoms with Gasteiger partial charge in [-0.2, -0.15) is 5.10 Å². The minimum absolute atomic E-state index is 0.223. The number of hydrogen-bond donors (Lipinski definition) is 1. The molecule has 0 aliphatic rings. The maximum Gasteiger partial charge on any atom is 0.280 e. The second-order valence-corrected chi connectivity index (χ2v) is 6.23. The molecular weight excluding hydrogens is 366 g/mol. The van der Waals surface area contributed by atoms with E-state index in [-0.39, 0.29) is 5.69 Å². The fraction of sp³-hybridized carbons (Fsp3) is 0.150. The number of hydrogen-bond acceptors (Lipinski definition) is 4. The van der Waals surface area contributed by atoms with Crippen molar-refractivity contribution < 1.29 is 9.53 Å². The van der Waals surface area contributed by atoms with Gasteiger partial charge < -0.3 is 10.1 Å². The van der Waals surface area contributed by atoms with Gasteiger partial charge in [-0.3, -0.25) is 9.59 Å². The van der Waals surface area contributed by atoms with E-state index in [1.165, 1.54) is 29.6 Å². The molecule has 6 nitrogen and oxygen atoms in total. The third kappa shape index (κ3) is 4.17. The Bertz CT molecular complexity index is 1030. The zero-order valence-corrected chi connectivity index (χ0v) is 15.7. The predicted octanol–water partition coefficient (Wildman–Crippen LogP) is 3.71. The summed E-state index contributed by atoms with van der Waals surface area (Å²) in [5, 5.41) is 7.25. The summed E-state index contributed by atoms with van der Waals surface area (Å²) < 4.78 is 6.70. The first-order valence-corrected chi connectivity index (χ1v) is 8.74. The third-order valence-corrected chi connectivity index (χ3v) is 4.28. The van der Waals surface area contributed by atoms with Crippen molar-refractivity contribution in [3.8, 4) is 11.4 Å².